The highest BCUT2D eigenvalue weighted by atomic mass is 19.1. The molecule has 32 heavy (non-hydrogen) atoms. The fraction of sp³-hybridized carbons (Fsp3) is 0.172. The third-order valence-corrected chi connectivity index (χ3v) is 7.06. The van der Waals surface area contributed by atoms with Gasteiger partial charge in [0.25, 0.3) is 0 Å². The molecule has 1 aliphatic carbocycles. The highest BCUT2D eigenvalue weighted by Crippen LogP contribution is 2.49. The van der Waals surface area contributed by atoms with Gasteiger partial charge in [0.1, 0.15) is 17.7 Å². The van der Waals surface area contributed by atoms with Crippen LogP contribution in [0.2, 0.25) is 0 Å². The molecule has 2 nitrogen and oxygen atoms in total. The zero-order valence-corrected chi connectivity index (χ0v) is 17.8. The van der Waals surface area contributed by atoms with E-state index in [1.165, 1.54) is 16.2 Å². The molecule has 0 bridgehead atoms. The number of methoxy groups -OCH3 is 1. The Bertz CT molecular complexity index is 1500. The third-order valence-electron chi connectivity index (χ3n) is 7.06. The molecule has 0 spiro atoms. The molecule has 3 heteroatoms. The largest absolute Gasteiger partial charge is 0.507 e. The number of aromatic hydroxyl groups is 1. The van der Waals surface area contributed by atoms with E-state index in [2.05, 4.69) is 30.3 Å². The van der Waals surface area contributed by atoms with Crippen molar-refractivity contribution in [2.45, 2.75) is 24.9 Å². The number of phenolic OH excluding ortho intramolecular Hbond substituents is 1. The van der Waals surface area contributed by atoms with Gasteiger partial charge in [-0.15, -0.1) is 0 Å². The van der Waals surface area contributed by atoms with Crippen molar-refractivity contribution in [2.75, 3.05) is 7.11 Å². The van der Waals surface area contributed by atoms with Gasteiger partial charge >= 0.3 is 0 Å². The summed E-state index contributed by atoms with van der Waals surface area (Å²) in [6.45, 7) is 0. The SMILES string of the molecule is COc1ccc2ccc(C3CCc4c(ccc5c4ccc4ccccc45)C3F)c(O)c2c1. The molecule has 2 atom stereocenters. The molecule has 0 saturated heterocycles. The maximum atomic E-state index is 16.0. The lowest BCUT2D eigenvalue weighted by Gasteiger charge is -2.30. The molecular weight excluding hydrogens is 399 g/mol. The van der Waals surface area contributed by atoms with Crippen LogP contribution in [0.1, 0.15) is 35.2 Å². The predicted molar refractivity (Wildman–Crippen MR) is 129 cm³/mol. The topological polar surface area (TPSA) is 29.5 Å². The first-order valence-corrected chi connectivity index (χ1v) is 11.0. The number of aryl methyl sites for hydroxylation is 1. The minimum Gasteiger partial charge on any atom is -0.507 e. The molecule has 0 saturated carbocycles. The molecule has 1 aliphatic rings. The maximum Gasteiger partial charge on any atom is 0.132 e. The smallest absolute Gasteiger partial charge is 0.132 e. The minimum atomic E-state index is -1.16. The van der Waals surface area contributed by atoms with E-state index in [0.717, 1.165) is 28.3 Å². The van der Waals surface area contributed by atoms with Gasteiger partial charge < -0.3 is 9.84 Å². The third kappa shape index (κ3) is 2.77. The molecule has 5 aromatic carbocycles. The molecule has 0 amide bonds. The number of fused-ring (bicyclic) bond motifs is 6. The summed E-state index contributed by atoms with van der Waals surface area (Å²) in [5, 5.41) is 17.4. The summed E-state index contributed by atoms with van der Waals surface area (Å²) in [7, 11) is 1.60. The summed E-state index contributed by atoms with van der Waals surface area (Å²) in [6, 6.07) is 26.0. The van der Waals surface area contributed by atoms with Gasteiger partial charge in [-0.3, -0.25) is 0 Å². The second kappa shape index (κ2) is 7.23. The Morgan fingerprint density at radius 1 is 0.781 bits per heavy atom. The van der Waals surface area contributed by atoms with E-state index < -0.39 is 6.17 Å². The first-order chi connectivity index (χ1) is 15.7. The number of hydrogen-bond acceptors (Lipinski definition) is 2. The number of alkyl halides is 1. The van der Waals surface area contributed by atoms with Crippen molar-refractivity contribution in [3.8, 4) is 11.5 Å². The van der Waals surface area contributed by atoms with Crippen LogP contribution in [0.15, 0.2) is 78.9 Å². The maximum absolute atomic E-state index is 16.0. The second-order valence-electron chi connectivity index (χ2n) is 8.65. The lowest BCUT2D eigenvalue weighted by atomic mass is 9.76. The van der Waals surface area contributed by atoms with Crippen LogP contribution in [-0.2, 0) is 6.42 Å². The van der Waals surface area contributed by atoms with Crippen LogP contribution in [0.25, 0.3) is 32.3 Å². The van der Waals surface area contributed by atoms with Crippen molar-refractivity contribution in [1.82, 2.24) is 0 Å². The van der Waals surface area contributed by atoms with Gasteiger partial charge in [0.2, 0.25) is 0 Å². The van der Waals surface area contributed by atoms with Gasteiger partial charge in [-0.2, -0.15) is 0 Å². The molecule has 158 valence electrons. The number of phenols is 1. The molecule has 6 rings (SSSR count). The lowest BCUT2D eigenvalue weighted by molar-refractivity contribution is 0.260. The van der Waals surface area contributed by atoms with E-state index in [1.54, 1.807) is 7.11 Å². The van der Waals surface area contributed by atoms with Crippen molar-refractivity contribution in [3.05, 3.63) is 95.6 Å². The van der Waals surface area contributed by atoms with Crippen LogP contribution in [0.3, 0.4) is 0 Å². The molecule has 1 N–H and O–H groups in total. The lowest BCUT2D eigenvalue weighted by Crippen LogP contribution is -2.17. The number of halogens is 1. The summed E-state index contributed by atoms with van der Waals surface area (Å²) in [5.41, 5.74) is 2.51. The van der Waals surface area contributed by atoms with Crippen molar-refractivity contribution in [3.63, 3.8) is 0 Å². The zero-order chi connectivity index (χ0) is 21.8. The summed E-state index contributed by atoms with van der Waals surface area (Å²) in [4.78, 5) is 0. The van der Waals surface area contributed by atoms with Crippen LogP contribution in [0.5, 0.6) is 11.5 Å². The number of benzene rings is 5. The van der Waals surface area contributed by atoms with Gasteiger partial charge in [0.15, 0.2) is 0 Å². The standard InChI is InChI=1S/C29H23FO2/c1-32-19-9-6-18-8-11-26(29(31)27(18)16-19)25-15-13-23-22-10-7-17-4-2-3-5-20(17)21(22)12-14-24(23)28(25)30/h2-12,14,16,25,28,31H,13,15H2,1H3. The van der Waals surface area contributed by atoms with Gasteiger partial charge in [-0.1, -0.05) is 66.7 Å². The Balaban J connectivity index is 1.47. The Morgan fingerprint density at radius 2 is 1.50 bits per heavy atom. The normalized spacial score (nSPS) is 18.2. The fourth-order valence-electron chi connectivity index (χ4n) is 5.41. The Labute approximate surface area is 185 Å². The van der Waals surface area contributed by atoms with Gasteiger partial charge in [-0.05, 0) is 63.0 Å². The highest BCUT2D eigenvalue weighted by molar-refractivity contribution is 6.08. The minimum absolute atomic E-state index is 0.157. The van der Waals surface area contributed by atoms with E-state index >= 15 is 4.39 Å². The van der Waals surface area contributed by atoms with E-state index in [0.29, 0.717) is 23.1 Å². The number of hydrogen-bond donors (Lipinski definition) is 1. The average molecular weight is 422 g/mol. The Hall–Kier alpha value is -3.59. The first-order valence-electron chi connectivity index (χ1n) is 11.0. The average Bonchev–Trinajstić information content (AvgIpc) is 2.84. The van der Waals surface area contributed by atoms with Crippen LogP contribution < -0.4 is 4.74 Å². The van der Waals surface area contributed by atoms with Crippen LogP contribution >= 0.6 is 0 Å². The molecule has 0 fully saturated rings. The van der Waals surface area contributed by atoms with Crippen molar-refractivity contribution < 1.29 is 14.2 Å². The Morgan fingerprint density at radius 3 is 2.38 bits per heavy atom. The second-order valence-corrected chi connectivity index (χ2v) is 8.65. The predicted octanol–water partition coefficient (Wildman–Crippen LogP) is 7.60. The van der Waals surface area contributed by atoms with Gasteiger partial charge in [0.05, 0.1) is 7.11 Å². The fourth-order valence-corrected chi connectivity index (χ4v) is 5.41. The molecule has 0 aromatic heterocycles. The molecule has 5 aromatic rings. The summed E-state index contributed by atoms with van der Waals surface area (Å²) < 4.78 is 21.3. The van der Waals surface area contributed by atoms with E-state index in [4.69, 9.17) is 4.74 Å². The summed E-state index contributed by atoms with van der Waals surface area (Å²) >= 11 is 0. The van der Waals surface area contributed by atoms with Crippen LogP contribution in [0.4, 0.5) is 4.39 Å². The van der Waals surface area contributed by atoms with Crippen LogP contribution in [-0.4, -0.2) is 12.2 Å². The summed E-state index contributed by atoms with van der Waals surface area (Å²) in [5.74, 6) is 0.453. The van der Waals surface area contributed by atoms with E-state index in [1.807, 2.05) is 48.5 Å². The van der Waals surface area contributed by atoms with Crippen LogP contribution in [0, 0.1) is 0 Å². The van der Waals surface area contributed by atoms with Crippen molar-refractivity contribution >= 4 is 32.3 Å². The molecule has 0 radical (unpaired) electrons. The van der Waals surface area contributed by atoms with E-state index in [-0.39, 0.29) is 11.7 Å². The zero-order valence-electron chi connectivity index (χ0n) is 17.8. The summed E-state index contributed by atoms with van der Waals surface area (Å²) in [6.07, 6.45) is 0.276. The first kappa shape index (κ1) is 19.1. The van der Waals surface area contributed by atoms with Gasteiger partial charge in [0, 0.05) is 16.9 Å². The molecule has 0 heterocycles. The quantitative estimate of drug-likeness (QED) is 0.297. The van der Waals surface area contributed by atoms with Crippen molar-refractivity contribution in [1.29, 1.82) is 0 Å². The molecule has 2 unspecified atom stereocenters. The van der Waals surface area contributed by atoms with Crippen molar-refractivity contribution in [2.24, 2.45) is 0 Å². The Kier molecular flexibility index (Phi) is 4.32. The van der Waals surface area contributed by atoms with Gasteiger partial charge in [-0.25, -0.2) is 4.39 Å². The molecular formula is C29H23FO2. The molecule has 0 aliphatic heterocycles. The van der Waals surface area contributed by atoms with E-state index in [9.17, 15) is 5.11 Å². The number of ether oxygens (including phenoxy) is 1. The number of rotatable bonds is 2. The highest BCUT2D eigenvalue weighted by Gasteiger charge is 2.33. The monoisotopic (exact) mass is 422 g/mol.